The van der Waals surface area contributed by atoms with Crippen LogP contribution in [0.1, 0.15) is 6.92 Å². The molecule has 0 amide bonds. The molecule has 5 heteroatoms. The number of pyridine rings is 1. The van der Waals surface area contributed by atoms with Crippen molar-refractivity contribution in [1.29, 1.82) is 0 Å². The fraction of sp³-hybridized carbons (Fsp3) is 0.200. The summed E-state index contributed by atoms with van der Waals surface area (Å²) in [6, 6.07) is 3.60. The summed E-state index contributed by atoms with van der Waals surface area (Å²) in [5.74, 6) is 0.271. The lowest BCUT2D eigenvalue weighted by Crippen LogP contribution is -2.17. The highest BCUT2D eigenvalue weighted by Crippen LogP contribution is 2.10. The number of nitrogens with zero attached hydrogens (tertiary/aromatic N) is 2. The number of ether oxygens (including phenoxy) is 1. The molecule has 15 heavy (non-hydrogen) atoms. The molecule has 0 aliphatic carbocycles. The highest BCUT2D eigenvalue weighted by atomic mass is 79.9. The van der Waals surface area contributed by atoms with Gasteiger partial charge in [0.05, 0.1) is 12.8 Å². The summed E-state index contributed by atoms with van der Waals surface area (Å²) in [6.07, 6.45) is 3.13. The highest BCUT2D eigenvalue weighted by Gasteiger charge is 2.04. The van der Waals surface area contributed by atoms with E-state index in [1.807, 2.05) is 13.0 Å². The molecule has 0 aliphatic heterocycles. The topological polar surface area (TPSA) is 43.6 Å². The Hall–Kier alpha value is -1.36. The first kappa shape index (κ1) is 10.2. The number of hydrogen-bond donors (Lipinski definition) is 0. The van der Waals surface area contributed by atoms with E-state index in [0.29, 0.717) is 12.3 Å². The lowest BCUT2D eigenvalue weighted by Gasteiger charge is -2.04. The molecule has 0 saturated heterocycles. The molecule has 0 radical (unpaired) electrons. The lowest BCUT2D eigenvalue weighted by molar-refractivity contribution is 0.333. The Morgan fingerprint density at radius 1 is 1.53 bits per heavy atom. The first-order valence-corrected chi connectivity index (χ1v) is 5.31. The van der Waals surface area contributed by atoms with Gasteiger partial charge in [0.2, 0.25) is 5.75 Å². The van der Waals surface area contributed by atoms with Crippen LogP contribution < -0.4 is 10.3 Å². The van der Waals surface area contributed by atoms with Gasteiger partial charge in [0.15, 0.2) is 0 Å². The van der Waals surface area contributed by atoms with Gasteiger partial charge < -0.3 is 4.74 Å². The minimum atomic E-state index is -0.192. The zero-order chi connectivity index (χ0) is 10.8. The second-order valence-electron chi connectivity index (χ2n) is 2.94. The Kier molecular flexibility index (Phi) is 2.73. The zero-order valence-electron chi connectivity index (χ0n) is 8.11. The number of halogens is 1. The Morgan fingerprint density at radius 3 is 3.07 bits per heavy atom. The summed E-state index contributed by atoms with van der Waals surface area (Å²) in [6.45, 7) is 2.28. The van der Waals surface area contributed by atoms with Gasteiger partial charge in [-0.3, -0.25) is 9.20 Å². The van der Waals surface area contributed by atoms with Gasteiger partial charge in [-0.1, -0.05) is 0 Å². The SMILES string of the molecule is CCOc1cnc2ccc(Br)cn2c1=O. The molecule has 2 aromatic heterocycles. The van der Waals surface area contributed by atoms with Crippen molar-refractivity contribution < 1.29 is 4.74 Å². The average molecular weight is 269 g/mol. The summed E-state index contributed by atoms with van der Waals surface area (Å²) in [5, 5.41) is 0. The third-order valence-electron chi connectivity index (χ3n) is 1.93. The fourth-order valence-corrected chi connectivity index (χ4v) is 1.62. The molecule has 0 fully saturated rings. The van der Waals surface area contributed by atoms with Crippen molar-refractivity contribution >= 4 is 21.6 Å². The first-order chi connectivity index (χ1) is 7.22. The molecule has 0 unspecified atom stereocenters. The number of aromatic nitrogens is 2. The van der Waals surface area contributed by atoms with Gasteiger partial charge in [-0.25, -0.2) is 4.98 Å². The van der Waals surface area contributed by atoms with Crippen LogP contribution >= 0.6 is 15.9 Å². The van der Waals surface area contributed by atoms with Gasteiger partial charge in [0, 0.05) is 10.7 Å². The predicted octanol–water partition coefficient (Wildman–Crippen LogP) is 1.86. The summed E-state index contributed by atoms with van der Waals surface area (Å²) in [4.78, 5) is 16.0. The van der Waals surface area contributed by atoms with Gasteiger partial charge >= 0.3 is 0 Å². The maximum absolute atomic E-state index is 11.8. The van der Waals surface area contributed by atoms with Gasteiger partial charge in [0.1, 0.15) is 5.65 Å². The van der Waals surface area contributed by atoms with Crippen molar-refractivity contribution in [3.63, 3.8) is 0 Å². The third-order valence-corrected chi connectivity index (χ3v) is 2.40. The molecule has 4 nitrogen and oxygen atoms in total. The Labute approximate surface area is 94.7 Å². The largest absolute Gasteiger partial charge is 0.487 e. The molecule has 0 atom stereocenters. The summed E-state index contributed by atoms with van der Waals surface area (Å²) in [7, 11) is 0. The molecule has 0 N–H and O–H groups in total. The standard InChI is InChI=1S/C10H9BrN2O2/c1-2-15-8-5-12-9-4-3-7(11)6-13(9)10(8)14/h3-6H,2H2,1H3. The lowest BCUT2D eigenvalue weighted by atomic mass is 10.4. The number of fused-ring (bicyclic) bond motifs is 1. The van der Waals surface area contributed by atoms with Crippen molar-refractivity contribution in [3.05, 3.63) is 39.4 Å². The second kappa shape index (κ2) is 4.02. The van der Waals surface area contributed by atoms with E-state index in [1.54, 1.807) is 12.3 Å². The Bertz CT molecular complexity index is 551. The highest BCUT2D eigenvalue weighted by molar-refractivity contribution is 9.10. The molecule has 0 spiro atoms. The summed E-state index contributed by atoms with van der Waals surface area (Å²) >= 11 is 3.30. The van der Waals surface area contributed by atoms with Crippen molar-refractivity contribution in [3.8, 4) is 5.75 Å². The maximum atomic E-state index is 11.8. The molecule has 0 aromatic carbocycles. The maximum Gasteiger partial charge on any atom is 0.300 e. The fourth-order valence-electron chi connectivity index (χ4n) is 1.29. The zero-order valence-corrected chi connectivity index (χ0v) is 9.69. The molecular formula is C10H9BrN2O2. The van der Waals surface area contributed by atoms with Gasteiger partial charge in [-0.15, -0.1) is 0 Å². The van der Waals surface area contributed by atoms with Crippen molar-refractivity contribution in [1.82, 2.24) is 9.38 Å². The van der Waals surface area contributed by atoms with E-state index in [2.05, 4.69) is 20.9 Å². The smallest absolute Gasteiger partial charge is 0.300 e. The average Bonchev–Trinajstić information content (AvgIpc) is 2.23. The van der Waals surface area contributed by atoms with Crippen molar-refractivity contribution in [2.45, 2.75) is 6.92 Å². The van der Waals surface area contributed by atoms with Crippen LogP contribution in [0, 0.1) is 0 Å². The normalized spacial score (nSPS) is 10.5. The molecule has 78 valence electrons. The van der Waals surface area contributed by atoms with E-state index >= 15 is 0 Å². The number of rotatable bonds is 2. The van der Waals surface area contributed by atoms with E-state index in [4.69, 9.17) is 4.74 Å². The molecule has 2 rings (SSSR count). The van der Waals surface area contributed by atoms with E-state index < -0.39 is 0 Å². The Balaban J connectivity index is 2.71. The van der Waals surface area contributed by atoms with Crippen LogP contribution in [0.25, 0.3) is 5.65 Å². The van der Waals surface area contributed by atoms with Crippen LogP contribution in [-0.4, -0.2) is 16.0 Å². The summed E-state index contributed by atoms with van der Waals surface area (Å²) < 4.78 is 7.45. The molecule has 2 aromatic rings. The van der Waals surface area contributed by atoms with Crippen LogP contribution in [0.2, 0.25) is 0 Å². The van der Waals surface area contributed by atoms with Crippen LogP contribution in [-0.2, 0) is 0 Å². The molecular weight excluding hydrogens is 260 g/mol. The molecule has 0 bridgehead atoms. The van der Waals surface area contributed by atoms with E-state index in [-0.39, 0.29) is 11.3 Å². The molecule has 2 heterocycles. The minimum Gasteiger partial charge on any atom is -0.487 e. The molecule has 0 saturated carbocycles. The minimum absolute atomic E-state index is 0.192. The monoisotopic (exact) mass is 268 g/mol. The molecule has 0 aliphatic rings. The van der Waals surface area contributed by atoms with E-state index in [0.717, 1.165) is 4.47 Å². The summed E-state index contributed by atoms with van der Waals surface area (Å²) in [5.41, 5.74) is 0.412. The quantitative estimate of drug-likeness (QED) is 0.835. The van der Waals surface area contributed by atoms with E-state index in [1.165, 1.54) is 10.6 Å². The number of hydrogen-bond acceptors (Lipinski definition) is 3. The Morgan fingerprint density at radius 2 is 2.33 bits per heavy atom. The van der Waals surface area contributed by atoms with Crippen molar-refractivity contribution in [2.24, 2.45) is 0 Å². The van der Waals surface area contributed by atoms with Crippen LogP contribution in [0.5, 0.6) is 5.75 Å². The van der Waals surface area contributed by atoms with Gasteiger partial charge in [-0.05, 0) is 35.0 Å². The third kappa shape index (κ3) is 1.87. The van der Waals surface area contributed by atoms with Crippen LogP contribution in [0.15, 0.2) is 33.8 Å². The second-order valence-corrected chi connectivity index (χ2v) is 3.85. The van der Waals surface area contributed by atoms with Crippen molar-refractivity contribution in [2.75, 3.05) is 6.61 Å². The first-order valence-electron chi connectivity index (χ1n) is 4.52. The van der Waals surface area contributed by atoms with Crippen LogP contribution in [0.4, 0.5) is 0 Å². The van der Waals surface area contributed by atoms with Gasteiger partial charge in [0.25, 0.3) is 5.56 Å². The van der Waals surface area contributed by atoms with Crippen LogP contribution in [0.3, 0.4) is 0 Å². The predicted molar refractivity (Wildman–Crippen MR) is 60.3 cm³/mol. The van der Waals surface area contributed by atoms with Gasteiger partial charge in [-0.2, -0.15) is 0 Å². The van der Waals surface area contributed by atoms with E-state index in [9.17, 15) is 4.79 Å².